The number of nitrogens with zero attached hydrogens (tertiary/aromatic N) is 1. The Labute approximate surface area is 160 Å². The molecule has 1 amide bonds. The molecule has 0 radical (unpaired) electrons. The van der Waals surface area contributed by atoms with E-state index < -0.39 is 11.7 Å². The van der Waals surface area contributed by atoms with E-state index in [9.17, 15) is 9.18 Å². The zero-order valence-corrected chi connectivity index (χ0v) is 14.9. The molecule has 4 aromatic rings. The van der Waals surface area contributed by atoms with Crippen LogP contribution < -0.4 is 5.32 Å². The van der Waals surface area contributed by atoms with Crippen LogP contribution in [0.3, 0.4) is 0 Å². The minimum Gasteiger partial charge on any atom is -0.319 e. The summed E-state index contributed by atoms with van der Waals surface area (Å²) in [5.74, 6) is -0.879. The van der Waals surface area contributed by atoms with Gasteiger partial charge in [-0.2, -0.15) is 0 Å². The maximum absolute atomic E-state index is 13.9. The molecule has 0 aliphatic heterocycles. The lowest BCUT2D eigenvalue weighted by Crippen LogP contribution is -2.14. The Kier molecular flexibility index (Phi) is 4.57. The first-order valence-corrected chi connectivity index (χ1v) is 8.71. The van der Waals surface area contributed by atoms with Crippen molar-refractivity contribution in [1.29, 1.82) is 0 Å². The highest BCUT2D eigenvalue weighted by molar-refractivity contribution is 6.30. The van der Waals surface area contributed by atoms with Crippen LogP contribution in [0.15, 0.2) is 78.9 Å². The number of nitrogens with one attached hydrogen (secondary N) is 1. The fraction of sp³-hybridized carbons (Fsp3) is 0. The fourth-order valence-corrected chi connectivity index (χ4v) is 3.01. The Balaban J connectivity index is 1.82. The van der Waals surface area contributed by atoms with Crippen molar-refractivity contribution in [3.8, 4) is 11.3 Å². The number of aromatic nitrogens is 1. The van der Waals surface area contributed by atoms with Gasteiger partial charge in [-0.3, -0.25) is 4.79 Å². The van der Waals surface area contributed by atoms with Crippen molar-refractivity contribution in [2.45, 2.75) is 0 Å². The zero-order chi connectivity index (χ0) is 18.8. The van der Waals surface area contributed by atoms with Crippen LogP contribution >= 0.6 is 11.6 Å². The number of amides is 1. The third kappa shape index (κ3) is 3.52. The first-order chi connectivity index (χ1) is 13.1. The molecule has 1 aromatic heterocycles. The van der Waals surface area contributed by atoms with E-state index in [4.69, 9.17) is 11.6 Å². The standard InChI is InChI=1S/C22H14ClFN2O/c23-15-11-9-14(10-12-15)21-13-17(16-5-1-3-7-19(16)25-21)22(27)26-20-8-4-2-6-18(20)24/h1-13H,(H,26,27). The molecule has 27 heavy (non-hydrogen) atoms. The summed E-state index contributed by atoms with van der Waals surface area (Å²) < 4.78 is 13.9. The van der Waals surface area contributed by atoms with E-state index in [2.05, 4.69) is 10.3 Å². The summed E-state index contributed by atoms with van der Waals surface area (Å²) in [6.07, 6.45) is 0. The normalized spacial score (nSPS) is 10.7. The monoisotopic (exact) mass is 376 g/mol. The van der Waals surface area contributed by atoms with Crippen molar-refractivity contribution in [1.82, 2.24) is 4.98 Å². The largest absolute Gasteiger partial charge is 0.319 e. The molecule has 0 atom stereocenters. The highest BCUT2D eigenvalue weighted by Crippen LogP contribution is 2.27. The molecule has 132 valence electrons. The smallest absolute Gasteiger partial charge is 0.256 e. The van der Waals surface area contributed by atoms with Crippen molar-refractivity contribution in [3.63, 3.8) is 0 Å². The Morgan fingerprint density at radius 2 is 1.63 bits per heavy atom. The van der Waals surface area contributed by atoms with Crippen LogP contribution in [-0.2, 0) is 0 Å². The molecule has 0 fully saturated rings. The number of para-hydroxylation sites is 2. The van der Waals surface area contributed by atoms with Gasteiger partial charge in [-0.15, -0.1) is 0 Å². The number of fused-ring (bicyclic) bond motifs is 1. The second kappa shape index (κ2) is 7.17. The topological polar surface area (TPSA) is 42.0 Å². The number of pyridine rings is 1. The summed E-state index contributed by atoms with van der Waals surface area (Å²) in [5.41, 5.74) is 2.73. The Bertz CT molecular complexity index is 1140. The Morgan fingerprint density at radius 3 is 2.41 bits per heavy atom. The van der Waals surface area contributed by atoms with Crippen LogP contribution in [0, 0.1) is 5.82 Å². The molecule has 0 saturated carbocycles. The van der Waals surface area contributed by atoms with E-state index in [-0.39, 0.29) is 5.69 Å². The average molecular weight is 377 g/mol. The molecule has 3 aromatic carbocycles. The van der Waals surface area contributed by atoms with E-state index in [1.54, 1.807) is 30.3 Å². The molecule has 0 aliphatic rings. The highest BCUT2D eigenvalue weighted by Gasteiger charge is 2.15. The van der Waals surface area contributed by atoms with Gasteiger partial charge >= 0.3 is 0 Å². The lowest BCUT2D eigenvalue weighted by Gasteiger charge is -2.11. The minimum atomic E-state index is -0.484. The molecule has 1 N–H and O–H groups in total. The highest BCUT2D eigenvalue weighted by atomic mass is 35.5. The van der Waals surface area contributed by atoms with E-state index in [1.165, 1.54) is 12.1 Å². The predicted octanol–water partition coefficient (Wildman–Crippen LogP) is 5.95. The molecule has 4 rings (SSSR count). The maximum Gasteiger partial charge on any atom is 0.256 e. The van der Waals surface area contributed by atoms with Gasteiger partial charge in [0.1, 0.15) is 5.82 Å². The summed E-state index contributed by atoms with van der Waals surface area (Å²) >= 11 is 5.96. The average Bonchev–Trinajstić information content (AvgIpc) is 2.69. The molecule has 3 nitrogen and oxygen atoms in total. The minimum absolute atomic E-state index is 0.136. The summed E-state index contributed by atoms with van der Waals surface area (Å²) in [6, 6.07) is 22.4. The van der Waals surface area contributed by atoms with Crippen molar-refractivity contribution in [2.24, 2.45) is 0 Å². The number of halogens is 2. The van der Waals surface area contributed by atoms with E-state index in [0.717, 1.165) is 5.56 Å². The molecular formula is C22H14ClFN2O. The lowest BCUT2D eigenvalue weighted by atomic mass is 10.0. The molecule has 0 saturated heterocycles. The summed E-state index contributed by atoms with van der Waals surface area (Å²) in [4.78, 5) is 17.5. The third-order valence-electron chi connectivity index (χ3n) is 4.22. The number of anilines is 1. The predicted molar refractivity (Wildman–Crippen MR) is 107 cm³/mol. The lowest BCUT2D eigenvalue weighted by molar-refractivity contribution is 0.102. The summed E-state index contributed by atoms with van der Waals surface area (Å²) in [6.45, 7) is 0. The van der Waals surface area contributed by atoms with Gasteiger partial charge in [0.15, 0.2) is 0 Å². The third-order valence-corrected chi connectivity index (χ3v) is 4.47. The maximum atomic E-state index is 13.9. The van der Waals surface area contributed by atoms with Crippen LogP contribution in [0.4, 0.5) is 10.1 Å². The van der Waals surface area contributed by atoms with Gasteiger partial charge in [0.05, 0.1) is 22.5 Å². The first kappa shape index (κ1) is 17.2. The van der Waals surface area contributed by atoms with Crippen LogP contribution in [-0.4, -0.2) is 10.9 Å². The first-order valence-electron chi connectivity index (χ1n) is 8.33. The van der Waals surface area contributed by atoms with Crippen LogP contribution in [0.25, 0.3) is 22.2 Å². The van der Waals surface area contributed by atoms with Gasteiger partial charge in [0, 0.05) is 16.0 Å². The van der Waals surface area contributed by atoms with Crippen molar-refractivity contribution >= 4 is 34.1 Å². The van der Waals surface area contributed by atoms with Crippen molar-refractivity contribution in [3.05, 3.63) is 95.3 Å². The Hall–Kier alpha value is -3.24. The van der Waals surface area contributed by atoms with Crippen LogP contribution in [0.2, 0.25) is 5.02 Å². The Morgan fingerprint density at radius 1 is 0.926 bits per heavy atom. The second-order valence-electron chi connectivity index (χ2n) is 6.01. The number of hydrogen-bond acceptors (Lipinski definition) is 2. The van der Waals surface area contributed by atoms with Gasteiger partial charge in [0.2, 0.25) is 0 Å². The molecule has 0 spiro atoms. The number of rotatable bonds is 3. The molecule has 0 aliphatic carbocycles. The quantitative estimate of drug-likeness (QED) is 0.480. The van der Waals surface area contributed by atoms with Gasteiger partial charge < -0.3 is 5.32 Å². The second-order valence-corrected chi connectivity index (χ2v) is 6.45. The SMILES string of the molecule is O=C(Nc1ccccc1F)c1cc(-c2ccc(Cl)cc2)nc2ccccc12. The summed E-state index contributed by atoms with van der Waals surface area (Å²) in [5, 5.41) is 3.96. The molecule has 0 unspecified atom stereocenters. The van der Waals surface area contributed by atoms with E-state index in [0.29, 0.717) is 27.2 Å². The van der Waals surface area contributed by atoms with E-state index in [1.807, 2.05) is 36.4 Å². The number of benzene rings is 3. The van der Waals surface area contributed by atoms with Gasteiger partial charge in [0.25, 0.3) is 5.91 Å². The molecule has 1 heterocycles. The summed E-state index contributed by atoms with van der Waals surface area (Å²) in [7, 11) is 0. The number of carbonyl (C=O) groups excluding carboxylic acids is 1. The van der Waals surface area contributed by atoms with E-state index >= 15 is 0 Å². The molecule has 5 heteroatoms. The van der Waals surface area contributed by atoms with Gasteiger partial charge in [-0.05, 0) is 36.4 Å². The number of hydrogen-bond donors (Lipinski definition) is 1. The van der Waals surface area contributed by atoms with Crippen molar-refractivity contribution < 1.29 is 9.18 Å². The number of carbonyl (C=O) groups is 1. The molecule has 0 bridgehead atoms. The van der Waals surface area contributed by atoms with Crippen molar-refractivity contribution in [2.75, 3.05) is 5.32 Å². The van der Waals surface area contributed by atoms with Crippen LogP contribution in [0.1, 0.15) is 10.4 Å². The zero-order valence-electron chi connectivity index (χ0n) is 14.1. The molecular weight excluding hydrogens is 363 g/mol. The van der Waals surface area contributed by atoms with Gasteiger partial charge in [-0.25, -0.2) is 9.37 Å². The van der Waals surface area contributed by atoms with Gasteiger partial charge in [-0.1, -0.05) is 54.1 Å². The fourth-order valence-electron chi connectivity index (χ4n) is 2.88. The van der Waals surface area contributed by atoms with Crippen LogP contribution in [0.5, 0.6) is 0 Å².